The second-order valence-corrected chi connectivity index (χ2v) is 6.61. The van der Waals surface area contributed by atoms with Crippen LogP contribution in [0.5, 0.6) is 5.75 Å². The molecule has 1 unspecified atom stereocenters. The van der Waals surface area contributed by atoms with Crippen LogP contribution in [0.15, 0.2) is 54.6 Å². The maximum atomic E-state index is 12.2. The molecule has 2 aromatic rings. The van der Waals surface area contributed by atoms with E-state index in [-0.39, 0.29) is 6.10 Å². The van der Waals surface area contributed by atoms with Gasteiger partial charge in [0, 0.05) is 0 Å². The maximum Gasteiger partial charge on any atom is 0.514 e. The molecule has 2 aromatic carbocycles. The lowest BCUT2D eigenvalue weighted by molar-refractivity contribution is 0.0528. The predicted molar refractivity (Wildman–Crippen MR) is 105 cm³/mol. The fourth-order valence-corrected chi connectivity index (χ4v) is 2.88. The molecule has 0 aliphatic heterocycles. The second-order valence-electron chi connectivity index (χ2n) is 6.61. The molecule has 140 valence electrons. The van der Waals surface area contributed by atoms with Gasteiger partial charge in [0.15, 0.2) is 0 Å². The highest BCUT2D eigenvalue weighted by molar-refractivity contribution is 5.64. The first kappa shape index (κ1) is 20.0. The van der Waals surface area contributed by atoms with Gasteiger partial charge in [0.05, 0.1) is 0 Å². The molecule has 0 saturated carbocycles. The van der Waals surface area contributed by atoms with Crippen LogP contribution in [-0.2, 0) is 11.2 Å². The standard InChI is InChI=1S/C23H30O3/c1-3-5-8-14-22(20-12-9-7-10-13-20)26-23(24)25-21-17-15-19(16-18-21)11-6-4-2/h7,9-10,12-13,15-18,22H,3-6,8,11,14H2,1-2H3. The number of carbonyl (C=O) groups excluding carboxylic acids is 1. The summed E-state index contributed by atoms with van der Waals surface area (Å²) in [5.41, 5.74) is 2.27. The first-order chi connectivity index (χ1) is 12.7. The van der Waals surface area contributed by atoms with Crippen LogP contribution < -0.4 is 4.74 Å². The zero-order valence-corrected chi connectivity index (χ0v) is 15.9. The molecular formula is C23H30O3. The van der Waals surface area contributed by atoms with Crippen molar-refractivity contribution in [3.63, 3.8) is 0 Å². The Morgan fingerprint density at radius 1 is 0.885 bits per heavy atom. The average Bonchev–Trinajstić information content (AvgIpc) is 2.67. The Bertz CT molecular complexity index is 634. The SMILES string of the molecule is CCCCCC(OC(=O)Oc1ccc(CCCC)cc1)c1ccccc1. The van der Waals surface area contributed by atoms with Crippen LogP contribution >= 0.6 is 0 Å². The van der Waals surface area contributed by atoms with E-state index in [9.17, 15) is 4.79 Å². The molecule has 0 fully saturated rings. The van der Waals surface area contributed by atoms with Gasteiger partial charge in [-0.2, -0.15) is 0 Å². The molecular weight excluding hydrogens is 324 g/mol. The van der Waals surface area contributed by atoms with E-state index in [0.29, 0.717) is 5.75 Å². The fraction of sp³-hybridized carbons (Fsp3) is 0.435. The van der Waals surface area contributed by atoms with Crippen molar-refractivity contribution in [2.24, 2.45) is 0 Å². The van der Waals surface area contributed by atoms with Crippen molar-refractivity contribution in [3.05, 3.63) is 65.7 Å². The quantitative estimate of drug-likeness (QED) is 0.265. The molecule has 0 aliphatic rings. The van der Waals surface area contributed by atoms with Gasteiger partial charge in [-0.05, 0) is 48.9 Å². The molecule has 3 heteroatoms. The van der Waals surface area contributed by atoms with Crippen molar-refractivity contribution in [3.8, 4) is 5.75 Å². The molecule has 0 saturated heterocycles. The summed E-state index contributed by atoms with van der Waals surface area (Å²) in [6.45, 7) is 4.34. The highest BCUT2D eigenvalue weighted by Gasteiger charge is 2.18. The first-order valence-corrected chi connectivity index (χ1v) is 9.75. The monoisotopic (exact) mass is 354 g/mol. The number of ether oxygens (including phenoxy) is 2. The van der Waals surface area contributed by atoms with Gasteiger partial charge in [-0.25, -0.2) is 4.79 Å². The molecule has 0 aromatic heterocycles. The van der Waals surface area contributed by atoms with E-state index >= 15 is 0 Å². The van der Waals surface area contributed by atoms with Gasteiger partial charge in [-0.3, -0.25) is 0 Å². The van der Waals surface area contributed by atoms with Crippen LogP contribution in [0.25, 0.3) is 0 Å². The Balaban J connectivity index is 1.93. The van der Waals surface area contributed by atoms with E-state index in [1.165, 1.54) is 18.4 Å². The minimum Gasteiger partial charge on any atom is -0.426 e. The van der Waals surface area contributed by atoms with Crippen molar-refractivity contribution in [1.29, 1.82) is 0 Å². The zero-order chi connectivity index (χ0) is 18.6. The molecule has 0 radical (unpaired) electrons. The highest BCUT2D eigenvalue weighted by Crippen LogP contribution is 2.25. The van der Waals surface area contributed by atoms with Gasteiger partial charge in [0.2, 0.25) is 0 Å². The summed E-state index contributed by atoms with van der Waals surface area (Å²) in [6.07, 6.45) is 6.57. The molecule has 0 amide bonds. The van der Waals surface area contributed by atoms with Crippen molar-refractivity contribution >= 4 is 6.16 Å². The Kier molecular flexibility index (Phi) is 8.74. The van der Waals surface area contributed by atoms with E-state index < -0.39 is 6.16 Å². The summed E-state index contributed by atoms with van der Waals surface area (Å²) in [5.74, 6) is 0.524. The maximum absolute atomic E-state index is 12.2. The van der Waals surface area contributed by atoms with Crippen LogP contribution in [0.2, 0.25) is 0 Å². The van der Waals surface area contributed by atoms with E-state index in [1.807, 2.05) is 54.6 Å². The Morgan fingerprint density at radius 3 is 2.23 bits per heavy atom. The predicted octanol–water partition coefficient (Wildman–Crippen LogP) is 6.87. The summed E-state index contributed by atoms with van der Waals surface area (Å²) >= 11 is 0. The van der Waals surface area contributed by atoms with Crippen LogP contribution in [0, 0.1) is 0 Å². The Labute approximate surface area is 157 Å². The van der Waals surface area contributed by atoms with Gasteiger partial charge in [-0.1, -0.05) is 75.6 Å². The van der Waals surface area contributed by atoms with Gasteiger partial charge in [0.25, 0.3) is 0 Å². The largest absolute Gasteiger partial charge is 0.514 e. The van der Waals surface area contributed by atoms with Crippen LogP contribution in [-0.4, -0.2) is 6.16 Å². The summed E-state index contributed by atoms with van der Waals surface area (Å²) in [5, 5.41) is 0. The van der Waals surface area contributed by atoms with E-state index in [0.717, 1.165) is 37.7 Å². The number of aryl methyl sites for hydroxylation is 1. The molecule has 0 N–H and O–H groups in total. The van der Waals surface area contributed by atoms with Crippen LogP contribution in [0.1, 0.15) is 69.6 Å². The summed E-state index contributed by atoms with van der Waals surface area (Å²) in [6, 6.07) is 17.6. The number of hydrogen-bond donors (Lipinski definition) is 0. The molecule has 0 aliphatic carbocycles. The lowest BCUT2D eigenvalue weighted by Gasteiger charge is -2.18. The van der Waals surface area contributed by atoms with Gasteiger partial charge < -0.3 is 9.47 Å². The smallest absolute Gasteiger partial charge is 0.426 e. The molecule has 0 bridgehead atoms. The number of hydrogen-bond acceptors (Lipinski definition) is 3. The Morgan fingerprint density at radius 2 is 1.58 bits per heavy atom. The van der Waals surface area contributed by atoms with Crippen molar-refractivity contribution in [2.45, 2.75) is 64.9 Å². The average molecular weight is 354 g/mol. The van der Waals surface area contributed by atoms with Crippen molar-refractivity contribution in [1.82, 2.24) is 0 Å². The normalized spacial score (nSPS) is 11.8. The number of benzene rings is 2. The molecule has 2 rings (SSSR count). The minimum atomic E-state index is -0.642. The fourth-order valence-electron chi connectivity index (χ4n) is 2.88. The van der Waals surface area contributed by atoms with Crippen LogP contribution in [0.4, 0.5) is 4.79 Å². The third-order valence-electron chi connectivity index (χ3n) is 4.42. The third kappa shape index (κ3) is 6.91. The molecule has 0 spiro atoms. The Hall–Kier alpha value is -2.29. The van der Waals surface area contributed by atoms with Gasteiger partial charge in [0.1, 0.15) is 11.9 Å². The van der Waals surface area contributed by atoms with Gasteiger partial charge >= 0.3 is 6.16 Å². The number of unbranched alkanes of at least 4 members (excludes halogenated alkanes) is 3. The third-order valence-corrected chi connectivity index (χ3v) is 4.42. The summed E-state index contributed by atoms with van der Waals surface area (Å²) in [4.78, 5) is 12.2. The highest BCUT2D eigenvalue weighted by atomic mass is 16.7. The second kappa shape index (κ2) is 11.3. The van der Waals surface area contributed by atoms with Gasteiger partial charge in [-0.15, -0.1) is 0 Å². The molecule has 1 atom stereocenters. The minimum absolute atomic E-state index is 0.265. The van der Waals surface area contributed by atoms with Crippen molar-refractivity contribution in [2.75, 3.05) is 0 Å². The van der Waals surface area contributed by atoms with E-state index in [4.69, 9.17) is 9.47 Å². The molecule has 0 heterocycles. The lowest BCUT2D eigenvalue weighted by Crippen LogP contribution is -2.15. The topological polar surface area (TPSA) is 35.5 Å². The number of rotatable bonds is 10. The molecule has 3 nitrogen and oxygen atoms in total. The van der Waals surface area contributed by atoms with Crippen LogP contribution in [0.3, 0.4) is 0 Å². The van der Waals surface area contributed by atoms with E-state index in [1.54, 1.807) is 0 Å². The van der Waals surface area contributed by atoms with E-state index in [2.05, 4.69) is 13.8 Å². The number of carbonyl (C=O) groups is 1. The summed E-state index contributed by atoms with van der Waals surface area (Å²) in [7, 11) is 0. The first-order valence-electron chi connectivity index (χ1n) is 9.75. The van der Waals surface area contributed by atoms with Crippen molar-refractivity contribution < 1.29 is 14.3 Å². The zero-order valence-electron chi connectivity index (χ0n) is 15.9. The molecule has 26 heavy (non-hydrogen) atoms. The lowest BCUT2D eigenvalue weighted by atomic mass is 10.0. The summed E-state index contributed by atoms with van der Waals surface area (Å²) < 4.78 is 11.0.